The molecule has 3 aromatic rings. The zero-order chi connectivity index (χ0) is 17.2. The highest BCUT2D eigenvalue weighted by atomic mass is 16.4. The Balaban J connectivity index is 1.59. The molecule has 0 atom stereocenters. The highest BCUT2D eigenvalue weighted by molar-refractivity contribution is 5.97. The van der Waals surface area contributed by atoms with Crippen molar-refractivity contribution in [3.05, 3.63) is 88.3 Å². The first kappa shape index (κ1) is 15.4. The molecule has 2 aromatic carbocycles. The summed E-state index contributed by atoms with van der Waals surface area (Å²) in [5.74, 6) is -0.275. The molecular weight excluding hydrogens is 314 g/mol. The summed E-state index contributed by atoms with van der Waals surface area (Å²) in [6, 6.07) is 19.0. The standard InChI is InChI=1S/C21H17NO3/c23-20(18-14-17-8-4-5-9-19(17)25-21(18)24)22-12-10-16(11-13-22)15-6-2-1-3-7-15/h1-10,14H,11-13H2. The number of para-hydroxylation sites is 1. The van der Waals surface area contributed by atoms with Crippen molar-refractivity contribution in [2.24, 2.45) is 0 Å². The molecule has 25 heavy (non-hydrogen) atoms. The monoisotopic (exact) mass is 331 g/mol. The van der Waals surface area contributed by atoms with Crippen LogP contribution in [-0.4, -0.2) is 23.9 Å². The molecule has 0 spiro atoms. The molecule has 2 heterocycles. The number of nitrogens with zero attached hydrogens (tertiary/aromatic N) is 1. The van der Waals surface area contributed by atoms with Gasteiger partial charge < -0.3 is 9.32 Å². The van der Waals surface area contributed by atoms with Gasteiger partial charge in [0.05, 0.1) is 0 Å². The maximum Gasteiger partial charge on any atom is 0.349 e. The van der Waals surface area contributed by atoms with E-state index in [0.29, 0.717) is 18.7 Å². The van der Waals surface area contributed by atoms with Crippen molar-refractivity contribution in [2.45, 2.75) is 6.42 Å². The summed E-state index contributed by atoms with van der Waals surface area (Å²) >= 11 is 0. The number of hydrogen-bond donors (Lipinski definition) is 0. The number of carbonyl (C=O) groups is 1. The first-order valence-electron chi connectivity index (χ1n) is 8.29. The van der Waals surface area contributed by atoms with E-state index >= 15 is 0 Å². The van der Waals surface area contributed by atoms with Gasteiger partial charge in [0.15, 0.2) is 0 Å². The predicted octanol–water partition coefficient (Wildman–Crippen LogP) is 3.72. The maximum atomic E-state index is 12.7. The molecule has 0 saturated carbocycles. The lowest BCUT2D eigenvalue weighted by atomic mass is 9.99. The lowest BCUT2D eigenvalue weighted by Crippen LogP contribution is -2.37. The van der Waals surface area contributed by atoms with Crippen molar-refractivity contribution < 1.29 is 9.21 Å². The molecule has 0 aliphatic carbocycles. The van der Waals surface area contributed by atoms with Gasteiger partial charge >= 0.3 is 5.63 Å². The van der Waals surface area contributed by atoms with E-state index in [1.807, 2.05) is 30.3 Å². The fourth-order valence-corrected chi connectivity index (χ4v) is 3.15. The number of hydrogen-bond acceptors (Lipinski definition) is 3. The second kappa shape index (κ2) is 6.40. The van der Waals surface area contributed by atoms with Gasteiger partial charge in [-0.3, -0.25) is 4.79 Å². The number of benzene rings is 2. The average molecular weight is 331 g/mol. The van der Waals surface area contributed by atoms with Crippen LogP contribution in [0.2, 0.25) is 0 Å². The third-order valence-electron chi connectivity index (χ3n) is 4.51. The van der Waals surface area contributed by atoms with Crippen molar-refractivity contribution in [2.75, 3.05) is 13.1 Å². The number of rotatable bonds is 2. The van der Waals surface area contributed by atoms with E-state index in [4.69, 9.17) is 4.42 Å². The van der Waals surface area contributed by atoms with Crippen molar-refractivity contribution in [1.29, 1.82) is 0 Å². The Morgan fingerprint density at radius 2 is 1.76 bits per heavy atom. The van der Waals surface area contributed by atoms with Crippen molar-refractivity contribution in [3.63, 3.8) is 0 Å². The second-order valence-corrected chi connectivity index (χ2v) is 6.08. The number of amides is 1. The largest absolute Gasteiger partial charge is 0.422 e. The van der Waals surface area contributed by atoms with Gasteiger partial charge in [-0.2, -0.15) is 0 Å². The second-order valence-electron chi connectivity index (χ2n) is 6.08. The molecule has 1 amide bonds. The average Bonchev–Trinajstić information content (AvgIpc) is 2.68. The molecule has 0 unspecified atom stereocenters. The van der Waals surface area contributed by atoms with E-state index in [0.717, 1.165) is 11.8 Å². The SMILES string of the molecule is O=C(c1cc2ccccc2oc1=O)N1CC=C(c2ccccc2)CC1. The fraction of sp³-hybridized carbons (Fsp3) is 0.143. The maximum absolute atomic E-state index is 12.7. The van der Waals surface area contributed by atoms with Gasteiger partial charge in [-0.05, 0) is 29.7 Å². The van der Waals surface area contributed by atoms with E-state index in [1.165, 1.54) is 11.1 Å². The van der Waals surface area contributed by atoms with Crippen LogP contribution in [0.4, 0.5) is 0 Å². The van der Waals surface area contributed by atoms with Crippen LogP contribution in [0.15, 0.2) is 76.0 Å². The molecule has 0 saturated heterocycles. The van der Waals surface area contributed by atoms with E-state index < -0.39 is 5.63 Å². The quantitative estimate of drug-likeness (QED) is 0.673. The minimum Gasteiger partial charge on any atom is -0.422 e. The Morgan fingerprint density at radius 1 is 1.00 bits per heavy atom. The summed E-state index contributed by atoms with van der Waals surface area (Å²) in [4.78, 5) is 26.6. The third kappa shape index (κ3) is 2.98. The molecule has 4 heteroatoms. The van der Waals surface area contributed by atoms with Crippen LogP contribution in [0.1, 0.15) is 22.3 Å². The lowest BCUT2D eigenvalue weighted by molar-refractivity contribution is 0.0769. The summed E-state index contributed by atoms with van der Waals surface area (Å²) in [7, 11) is 0. The molecule has 4 rings (SSSR count). The summed E-state index contributed by atoms with van der Waals surface area (Å²) in [5, 5.41) is 0.753. The normalized spacial score (nSPS) is 14.4. The van der Waals surface area contributed by atoms with Crippen LogP contribution < -0.4 is 5.63 Å². The predicted molar refractivity (Wildman–Crippen MR) is 97.4 cm³/mol. The van der Waals surface area contributed by atoms with E-state index in [9.17, 15) is 9.59 Å². The Kier molecular flexibility index (Phi) is 3.94. The third-order valence-corrected chi connectivity index (χ3v) is 4.51. The molecule has 0 fully saturated rings. The Bertz CT molecular complexity index is 1020. The Morgan fingerprint density at radius 3 is 2.52 bits per heavy atom. The van der Waals surface area contributed by atoms with Gasteiger partial charge in [0.1, 0.15) is 11.1 Å². The number of carbonyl (C=O) groups excluding carboxylic acids is 1. The first-order chi connectivity index (χ1) is 12.2. The zero-order valence-corrected chi connectivity index (χ0v) is 13.6. The van der Waals surface area contributed by atoms with Crippen LogP contribution >= 0.6 is 0 Å². The molecule has 0 radical (unpaired) electrons. The van der Waals surface area contributed by atoms with Gasteiger partial charge in [-0.25, -0.2) is 4.79 Å². The van der Waals surface area contributed by atoms with Gasteiger partial charge in [0.25, 0.3) is 5.91 Å². The van der Waals surface area contributed by atoms with Crippen LogP contribution in [0, 0.1) is 0 Å². The minimum atomic E-state index is -0.582. The lowest BCUT2D eigenvalue weighted by Gasteiger charge is -2.26. The van der Waals surface area contributed by atoms with Crippen molar-refractivity contribution in [3.8, 4) is 0 Å². The molecule has 124 valence electrons. The Hall–Kier alpha value is -3.14. The molecule has 1 aromatic heterocycles. The molecule has 4 nitrogen and oxygen atoms in total. The van der Waals surface area contributed by atoms with E-state index in [-0.39, 0.29) is 11.5 Å². The Labute approximate surface area is 145 Å². The molecule has 1 aliphatic heterocycles. The summed E-state index contributed by atoms with van der Waals surface area (Å²) < 4.78 is 5.28. The van der Waals surface area contributed by atoms with Gasteiger partial charge in [-0.15, -0.1) is 0 Å². The van der Waals surface area contributed by atoms with Crippen molar-refractivity contribution in [1.82, 2.24) is 4.90 Å². The van der Waals surface area contributed by atoms with Crippen LogP contribution in [-0.2, 0) is 0 Å². The molecular formula is C21H17NO3. The van der Waals surface area contributed by atoms with E-state index in [2.05, 4.69) is 18.2 Å². The topological polar surface area (TPSA) is 50.5 Å². The van der Waals surface area contributed by atoms with E-state index in [1.54, 1.807) is 23.1 Å². The minimum absolute atomic E-state index is 0.0928. The molecule has 1 aliphatic rings. The van der Waals surface area contributed by atoms with Gasteiger partial charge in [0.2, 0.25) is 0 Å². The van der Waals surface area contributed by atoms with Gasteiger partial charge in [-0.1, -0.05) is 54.6 Å². The number of fused-ring (bicyclic) bond motifs is 1. The summed E-state index contributed by atoms with van der Waals surface area (Å²) in [5.41, 5.74) is 2.42. The fourth-order valence-electron chi connectivity index (χ4n) is 3.15. The first-order valence-corrected chi connectivity index (χ1v) is 8.29. The summed E-state index contributed by atoms with van der Waals surface area (Å²) in [6.07, 6.45) is 2.83. The zero-order valence-electron chi connectivity index (χ0n) is 13.6. The van der Waals surface area contributed by atoms with Crippen molar-refractivity contribution >= 4 is 22.4 Å². The summed E-state index contributed by atoms with van der Waals surface area (Å²) in [6.45, 7) is 1.08. The highest BCUT2D eigenvalue weighted by Crippen LogP contribution is 2.23. The van der Waals surface area contributed by atoms with Crippen LogP contribution in [0.25, 0.3) is 16.5 Å². The van der Waals surface area contributed by atoms with Gasteiger partial charge in [0, 0.05) is 18.5 Å². The molecule has 0 N–H and O–H groups in total. The highest BCUT2D eigenvalue weighted by Gasteiger charge is 2.22. The van der Waals surface area contributed by atoms with Crippen LogP contribution in [0.5, 0.6) is 0 Å². The van der Waals surface area contributed by atoms with Crippen LogP contribution in [0.3, 0.4) is 0 Å². The molecule has 0 bridgehead atoms. The smallest absolute Gasteiger partial charge is 0.349 e.